The van der Waals surface area contributed by atoms with E-state index < -0.39 is 0 Å². The smallest absolute Gasteiger partial charge is 0.0111 e. The number of benzene rings is 3. The minimum atomic E-state index is 1.31. The molecule has 0 aliphatic heterocycles. The molecule has 16 heavy (non-hydrogen) atoms. The molecule has 0 aliphatic rings. The van der Waals surface area contributed by atoms with Crippen LogP contribution in [0.1, 0.15) is 12.5 Å². The summed E-state index contributed by atoms with van der Waals surface area (Å²) in [6.45, 7) is 2.11. The molecule has 0 aromatic heterocycles. The van der Waals surface area contributed by atoms with Gasteiger partial charge >= 0.3 is 0 Å². The Kier molecular flexibility index (Phi) is 2.14. The van der Waals surface area contributed by atoms with E-state index in [0.717, 1.165) is 0 Å². The summed E-state index contributed by atoms with van der Waals surface area (Å²) in [5.41, 5.74) is 1.34. The molecule has 0 N–H and O–H groups in total. The fourth-order valence-electron chi connectivity index (χ4n) is 2.36. The highest BCUT2D eigenvalue weighted by molar-refractivity contribution is 6.03. The van der Waals surface area contributed by atoms with Crippen LogP contribution in [-0.4, -0.2) is 0 Å². The van der Waals surface area contributed by atoms with Crippen molar-refractivity contribution in [3.05, 3.63) is 66.6 Å². The van der Waals surface area contributed by atoms with Gasteiger partial charge in [0.15, 0.2) is 0 Å². The Morgan fingerprint density at radius 2 is 1.25 bits per heavy atom. The van der Waals surface area contributed by atoms with Crippen molar-refractivity contribution >= 4 is 21.5 Å². The molecule has 3 aromatic rings. The lowest BCUT2D eigenvalue weighted by molar-refractivity contribution is 1.49. The third kappa shape index (κ3) is 1.30. The van der Waals surface area contributed by atoms with Gasteiger partial charge in [0.25, 0.3) is 0 Å². The van der Waals surface area contributed by atoms with Crippen LogP contribution in [0.5, 0.6) is 0 Å². The average molecular weight is 205 g/mol. The van der Waals surface area contributed by atoms with E-state index >= 15 is 0 Å². The van der Waals surface area contributed by atoms with Gasteiger partial charge in [-0.05, 0) is 39.6 Å². The summed E-state index contributed by atoms with van der Waals surface area (Å²) in [6.07, 6.45) is 2.20. The van der Waals surface area contributed by atoms with E-state index in [0.29, 0.717) is 0 Å². The zero-order valence-corrected chi connectivity index (χ0v) is 9.27. The maximum Gasteiger partial charge on any atom is -0.0111 e. The first kappa shape index (κ1) is 9.41. The standard InChI is InChI=1S/C16H13/c1-2-14-15-9-5-3-7-12(15)11-13-8-4-6-10-16(13)14/h2-11H,1H3. The van der Waals surface area contributed by atoms with Crippen molar-refractivity contribution in [2.75, 3.05) is 0 Å². The Bertz CT molecular complexity index is 596. The van der Waals surface area contributed by atoms with E-state index in [9.17, 15) is 0 Å². The van der Waals surface area contributed by atoms with Crippen LogP contribution < -0.4 is 0 Å². The Morgan fingerprint density at radius 3 is 1.75 bits per heavy atom. The SMILES string of the molecule is C[CH]c1c2ccccc2cc2ccccc12. The molecule has 0 aliphatic carbocycles. The zero-order valence-electron chi connectivity index (χ0n) is 9.27. The monoisotopic (exact) mass is 205 g/mol. The fraction of sp³-hybridized carbons (Fsp3) is 0.0625. The van der Waals surface area contributed by atoms with Gasteiger partial charge in [-0.3, -0.25) is 0 Å². The van der Waals surface area contributed by atoms with Gasteiger partial charge in [-0.2, -0.15) is 0 Å². The molecule has 0 bridgehead atoms. The van der Waals surface area contributed by atoms with E-state index in [-0.39, 0.29) is 0 Å². The normalized spacial score (nSPS) is 11.1. The van der Waals surface area contributed by atoms with Gasteiger partial charge in [-0.1, -0.05) is 55.5 Å². The van der Waals surface area contributed by atoms with E-state index in [4.69, 9.17) is 0 Å². The van der Waals surface area contributed by atoms with Crippen LogP contribution in [0.3, 0.4) is 0 Å². The first-order valence-electron chi connectivity index (χ1n) is 5.60. The predicted octanol–water partition coefficient (Wildman–Crippen LogP) is 4.57. The van der Waals surface area contributed by atoms with Crippen molar-refractivity contribution in [2.45, 2.75) is 6.92 Å². The molecule has 0 fully saturated rings. The quantitative estimate of drug-likeness (QED) is 0.511. The van der Waals surface area contributed by atoms with Crippen LogP contribution >= 0.6 is 0 Å². The Labute approximate surface area is 95.5 Å². The number of fused-ring (bicyclic) bond motifs is 2. The van der Waals surface area contributed by atoms with Gasteiger partial charge in [0, 0.05) is 0 Å². The minimum Gasteiger partial charge on any atom is -0.0616 e. The van der Waals surface area contributed by atoms with Crippen molar-refractivity contribution in [3.63, 3.8) is 0 Å². The average Bonchev–Trinajstić information content (AvgIpc) is 2.36. The fourth-order valence-corrected chi connectivity index (χ4v) is 2.36. The van der Waals surface area contributed by atoms with Crippen LogP contribution in [0.15, 0.2) is 54.6 Å². The molecule has 0 saturated heterocycles. The second-order valence-corrected chi connectivity index (χ2v) is 4.02. The summed E-state index contributed by atoms with van der Waals surface area (Å²) in [5.74, 6) is 0. The van der Waals surface area contributed by atoms with Crippen molar-refractivity contribution in [1.82, 2.24) is 0 Å². The first-order valence-corrected chi connectivity index (χ1v) is 5.60. The molecule has 0 heterocycles. The molecule has 0 heteroatoms. The van der Waals surface area contributed by atoms with Crippen LogP contribution in [-0.2, 0) is 0 Å². The van der Waals surface area contributed by atoms with E-state index in [1.54, 1.807) is 0 Å². The molecule has 0 spiro atoms. The minimum absolute atomic E-state index is 1.31. The molecular formula is C16H13. The van der Waals surface area contributed by atoms with Crippen molar-refractivity contribution in [1.29, 1.82) is 0 Å². The maximum atomic E-state index is 2.26. The molecule has 3 rings (SSSR count). The second-order valence-electron chi connectivity index (χ2n) is 4.02. The number of rotatable bonds is 1. The van der Waals surface area contributed by atoms with E-state index in [2.05, 4.69) is 67.9 Å². The van der Waals surface area contributed by atoms with Gasteiger partial charge < -0.3 is 0 Å². The predicted molar refractivity (Wildman–Crippen MR) is 70.5 cm³/mol. The number of hydrogen-bond donors (Lipinski definition) is 0. The highest BCUT2D eigenvalue weighted by Crippen LogP contribution is 2.29. The summed E-state index contributed by atoms with van der Waals surface area (Å²) in [4.78, 5) is 0. The second kappa shape index (κ2) is 3.64. The lowest BCUT2D eigenvalue weighted by atomic mass is 9.95. The van der Waals surface area contributed by atoms with E-state index in [1.165, 1.54) is 27.1 Å². The van der Waals surface area contributed by atoms with Crippen molar-refractivity contribution < 1.29 is 0 Å². The Hall–Kier alpha value is -1.82. The van der Waals surface area contributed by atoms with Crippen molar-refractivity contribution in [3.8, 4) is 0 Å². The topological polar surface area (TPSA) is 0 Å². The number of hydrogen-bond acceptors (Lipinski definition) is 0. The molecular weight excluding hydrogens is 192 g/mol. The van der Waals surface area contributed by atoms with Gasteiger partial charge in [0.2, 0.25) is 0 Å². The van der Waals surface area contributed by atoms with Gasteiger partial charge in [-0.25, -0.2) is 0 Å². The van der Waals surface area contributed by atoms with E-state index in [1.807, 2.05) is 0 Å². The molecule has 77 valence electrons. The molecule has 0 atom stereocenters. The molecule has 0 amide bonds. The van der Waals surface area contributed by atoms with Gasteiger partial charge in [-0.15, -0.1) is 0 Å². The van der Waals surface area contributed by atoms with Gasteiger partial charge in [0.1, 0.15) is 0 Å². The zero-order chi connectivity index (χ0) is 11.0. The van der Waals surface area contributed by atoms with Crippen LogP contribution in [0.2, 0.25) is 0 Å². The Morgan fingerprint density at radius 1 is 0.750 bits per heavy atom. The molecule has 0 nitrogen and oxygen atoms in total. The lowest BCUT2D eigenvalue weighted by Crippen LogP contribution is -1.85. The summed E-state index contributed by atoms with van der Waals surface area (Å²) < 4.78 is 0. The highest BCUT2D eigenvalue weighted by atomic mass is 14.1. The molecule has 1 radical (unpaired) electrons. The first-order chi connectivity index (χ1) is 7.90. The lowest BCUT2D eigenvalue weighted by Gasteiger charge is -2.09. The summed E-state index contributed by atoms with van der Waals surface area (Å²) in [6, 6.07) is 19.4. The van der Waals surface area contributed by atoms with Crippen LogP contribution in [0, 0.1) is 6.42 Å². The molecule has 0 unspecified atom stereocenters. The Balaban J connectivity index is 2.56. The third-order valence-electron chi connectivity index (χ3n) is 3.10. The third-order valence-corrected chi connectivity index (χ3v) is 3.10. The maximum absolute atomic E-state index is 2.26. The van der Waals surface area contributed by atoms with Crippen LogP contribution in [0.4, 0.5) is 0 Å². The summed E-state index contributed by atoms with van der Waals surface area (Å²) in [7, 11) is 0. The highest BCUT2D eigenvalue weighted by Gasteiger charge is 2.04. The van der Waals surface area contributed by atoms with Crippen LogP contribution in [0.25, 0.3) is 21.5 Å². The van der Waals surface area contributed by atoms with Crippen molar-refractivity contribution in [2.24, 2.45) is 0 Å². The summed E-state index contributed by atoms with van der Waals surface area (Å²) in [5, 5.41) is 5.30. The summed E-state index contributed by atoms with van der Waals surface area (Å²) >= 11 is 0. The molecule has 0 saturated carbocycles. The molecule has 3 aromatic carbocycles. The largest absolute Gasteiger partial charge is 0.0616 e. The van der Waals surface area contributed by atoms with Gasteiger partial charge in [0.05, 0.1) is 0 Å².